The van der Waals surface area contributed by atoms with Gasteiger partial charge in [-0.05, 0) is 26.0 Å². The smallest absolute Gasteiger partial charge is 0.344 e. The fraction of sp³-hybridized carbons (Fsp3) is 0.364. The molecule has 1 aromatic heterocycles. The summed E-state index contributed by atoms with van der Waals surface area (Å²) in [6.07, 6.45) is 1.86. The summed E-state index contributed by atoms with van der Waals surface area (Å²) in [7, 11) is 0. The lowest BCUT2D eigenvalue weighted by Gasteiger charge is -2.08. The van der Waals surface area contributed by atoms with Gasteiger partial charge >= 0.3 is 5.97 Å². The fourth-order valence-corrected chi connectivity index (χ4v) is 0.986. The molecule has 1 heterocycles. The van der Waals surface area contributed by atoms with E-state index in [0.29, 0.717) is 17.7 Å². The van der Waals surface area contributed by atoms with Crippen molar-refractivity contribution in [1.82, 2.24) is 4.98 Å². The Balaban J connectivity index is 2.42. The number of hydrogen-bond donors (Lipinski definition) is 0. The first kappa shape index (κ1) is 12.2. The maximum Gasteiger partial charge on any atom is 0.344 e. The molecule has 0 saturated carbocycles. The van der Waals surface area contributed by atoms with Gasteiger partial charge in [0, 0.05) is 0 Å². The van der Waals surface area contributed by atoms with Crippen LogP contribution in [0.15, 0.2) is 18.3 Å². The lowest BCUT2D eigenvalue weighted by molar-refractivity contribution is -0.149. The van der Waals surface area contributed by atoms with Crippen molar-refractivity contribution in [3.05, 3.63) is 24.0 Å². The van der Waals surface area contributed by atoms with Crippen molar-refractivity contribution < 1.29 is 19.1 Å². The molecule has 1 aromatic rings. The lowest BCUT2D eigenvalue weighted by atomic mass is 10.4. The van der Waals surface area contributed by atoms with E-state index in [9.17, 15) is 9.59 Å². The molecule has 0 saturated heterocycles. The van der Waals surface area contributed by atoms with Crippen molar-refractivity contribution in [1.29, 1.82) is 0 Å². The standard InChI is InChI=1S/C11H13NO4/c1-8(2)16-11(14)7-15-10-4-3-9(6-13)12-5-10/h3-6,8H,7H2,1-2H3. The molecule has 0 amide bonds. The molecule has 86 valence electrons. The van der Waals surface area contributed by atoms with E-state index >= 15 is 0 Å². The third kappa shape index (κ3) is 4.08. The highest BCUT2D eigenvalue weighted by molar-refractivity contribution is 5.72. The van der Waals surface area contributed by atoms with Gasteiger partial charge in [-0.2, -0.15) is 0 Å². The number of ether oxygens (including phenoxy) is 2. The van der Waals surface area contributed by atoms with E-state index in [1.54, 1.807) is 19.9 Å². The van der Waals surface area contributed by atoms with Crippen LogP contribution < -0.4 is 4.74 Å². The van der Waals surface area contributed by atoms with Crippen molar-refractivity contribution in [2.75, 3.05) is 6.61 Å². The first-order valence-corrected chi connectivity index (χ1v) is 4.85. The zero-order valence-electron chi connectivity index (χ0n) is 9.17. The minimum atomic E-state index is -0.436. The number of rotatable bonds is 5. The molecule has 0 aliphatic rings. The number of carbonyl (C=O) groups excluding carboxylic acids is 2. The quantitative estimate of drug-likeness (QED) is 0.554. The summed E-state index contributed by atoms with van der Waals surface area (Å²) in [5.41, 5.74) is 0.317. The molecule has 0 aliphatic heterocycles. The molecule has 5 heteroatoms. The third-order valence-corrected chi connectivity index (χ3v) is 1.60. The highest BCUT2D eigenvalue weighted by Crippen LogP contribution is 2.08. The summed E-state index contributed by atoms with van der Waals surface area (Å²) in [4.78, 5) is 25.2. The van der Waals surface area contributed by atoms with Gasteiger partial charge in [-0.3, -0.25) is 4.79 Å². The minimum absolute atomic E-state index is 0.160. The van der Waals surface area contributed by atoms with Gasteiger partial charge in [-0.15, -0.1) is 0 Å². The Labute approximate surface area is 93.4 Å². The SMILES string of the molecule is CC(C)OC(=O)COc1ccc(C=O)nc1. The molecule has 0 spiro atoms. The van der Waals surface area contributed by atoms with Gasteiger partial charge < -0.3 is 9.47 Å². The van der Waals surface area contributed by atoms with Crippen LogP contribution in [0.4, 0.5) is 0 Å². The molecule has 0 unspecified atom stereocenters. The second kappa shape index (κ2) is 5.85. The van der Waals surface area contributed by atoms with Gasteiger partial charge in [-0.25, -0.2) is 9.78 Å². The zero-order chi connectivity index (χ0) is 12.0. The largest absolute Gasteiger partial charge is 0.480 e. The molecule has 1 rings (SSSR count). The van der Waals surface area contributed by atoms with Crippen LogP contribution in [0.25, 0.3) is 0 Å². The van der Waals surface area contributed by atoms with Crippen LogP contribution >= 0.6 is 0 Å². The highest BCUT2D eigenvalue weighted by atomic mass is 16.6. The summed E-state index contributed by atoms with van der Waals surface area (Å²) in [6.45, 7) is 3.36. The molecule has 0 aromatic carbocycles. The van der Waals surface area contributed by atoms with E-state index in [-0.39, 0.29) is 12.7 Å². The molecular weight excluding hydrogens is 210 g/mol. The molecular formula is C11H13NO4. The Morgan fingerprint density at radius 3 is 2.75 bits per heavy atom. The van der Waals surface area contributed by atoms with Crippen LogP contribution in [0, 0.1) is 0 Å². The third-order valence-electron chi connectivity index (χ3n) is 1.60. The van der Waals surface area contributed by atoms with Crippen molar-refractivity contribution in [2.45, 2.75) is 20.0 Å². The molecule has 0 N–H and O–H groups in total. The van der Waals surface area contributed by atoms with Gasteiger partial charge in [0.05, 0.1) is 12.3 Å². The van der Waals surface area contributed by atoms with E-state index in [1.165, 1.54) is 12.3 Å². The average molecular weight is 223 g/mol. The van der Waals surface area contributed by atoms with Crippen LogP contribution in [-0.2, 0) is 9.53 Å². The summed E-state index contributed by atoms with van der Waals surface area (Å²) in [6, 6.07) is 3.08. The van der Waals surface area contributed by atoms with Crippen molar-refractivity contribution >= 4 is 12.3 Å². The number of pyridine rings is 1. The fourth-order valence-electron chi connectivity index (χ4n) is 0.986. The first-order valence-electron chi connectivity index (χ1n) is 4.85. The number of nitrogens with zero attached hydrogens (tertiary/aromatic N) is 1. The summed E-state index contributed by atoms with van der Waals surface area (Å²) < 4.78 is 9.99. The normalized spacial score (nSPS) is 9.94. The Bertz CT molecular complexity index is 359. The van der Waals surface area contributed by atoms with E-state index in [2.05, 4.69) is 4.98 Å². The van der Waals surface area contributed by atoms with Gasteiger partial charge in [0.15, 0.2) is 12.9 Å². The summed E-state index contributed by atoms with van der Waals surface area (Å²) in [5, 5.41) is 0. The topological polar surface area (TPSA) is 65.5 Å². The summed E-state index contributed by atoms with van der Waals surface area (Å²) in [5.74, 6) is -0.0132. The monoisotopic (exact) mass is 223 g/mol. The van der Waals surface area contributed by atoms with Gasteiger partial charge in [0.2, 0.25) is 0 Å². The van der Waals surface area contributed by atoms with Crippen LogP contribution in [-0.4, -0.2) is 30.0 Å². The summed E-state index contributed by atoms with van der Waals surface area (Å²) >= 11 is 0. The average Bonchev–Trinajstić information content (AvgIpc) is 2.26. The second-order valence-electron chi connectivity index (χ2n) is 3.36. The minimum Gasteiger partial charge on any atom is -0.480 e. The maximum atomic E-state index is 11.1. The Morgan fingerprint density at radius 1 is 1.50 bits per heavy atom. The maximum absolute atomic E-state index is 11.1. The molecule has 0 aliphatic carbocycles. The lowest BCUT2D eigenvalue weighted by Crippen LogP contribution is -2.18. The van der Waals surface area contributed by atoms with Crippen molar-refractivity contribution in [3.63, 3.8) is 0 Å². The van der Waals surface area contributed by atoms with Gasteiger partial charge in [0.1, 0.15) is 11.4 Å². The first-order chi connectivity index (χ1) is 7.61. The number of aromatic nitrogens is 1. The van der Waals surface area contributed by atoms with Crippen molar-refractivity contribution in [3.8, 4) is 5.75 Å². The second-order valence-corrected chi connectivity index (χ2v) is 3.36. The van der Waals surface area contributed by atoms with Gasteiger partial charge in [-0.1, -0.05) is 0 Å². The predicted octanol–water partition coefficient (Wildman–Crippen LogP) is 1.22. The van der Waals surface area contributed by atoms with E-state index < -0.39 is 5.97 Å². The Morgan fingerprint density at radius 2 is 2.25 bits per heavy atom. The van der Waals surface area contributed by atoms with Crippen LogP contribution in [0.1, 0.15) is 24.3 Å². The van der Waals surface area contributed by atoms with E-state index in [1.807, 2.05) is 0 Å². The van der Waals surface area contributed by atoms with Crippen LogP contribution in [0.3, 0.4) is 0 Å². The number of carbonyl (C=O) groups is 2. The molecule has 0 radical (unpaired) electrons. The Hall–Kier alpha value is -1.91. The Kier molecular flexibility index (Phi) is 4.44. The molecule has 0 atom stereocenters. The number of hydrogen-bond acceptors (Lipinski definition) is 5. The molecule has 16 heavy (non-hydrogen) atoms. The molecule has 0 bridgehead atoms. The molecule has 0 fully saturated rings. The van der Waals surface area contributed by atoms with E-state index in [0.717, 1.165) is 0 Å². The highest BCUT2D eigenvalue weighted by Gasteiger charge is 2.06. The van der Waals surface area contributed by atoms with Gasteiger partial charge in [0.25, 0.3) is 0 Å². The number of aldehydes is 1. The van der Waals surface area contributed by atoms with Crippen molar-refractivity contribution in [2.24, 2.45) is 0 Å². The number of esters is 1. The van der Waals surface area contributed by atoms with E-state index in [4.69, 9.17) is 9.47 Å². The predicted molar refractivity (Wildman–Crippen MR) is 56.3 cm³/mol. The van der Waals surface area contributed by atoms with Crippen LogP contribution in [0.5, 0.6) is 5.75 Å². The van der Waals surface area contributed by atoms with Crippen LogP contribution in [0.2, 0.25) is 0 Å². The molecule has 5 nitrogen and oxygen atoms in total. The zero-order valence-corrected chi connectivity index (χ0v) is 9.17.